The Morgan fingerprint density at radius 1 is 1.07 bits per heavy atom. The monoisotopic (exact) mass is 388 g/mol. The number of thioether (sulfide) groups is 1. The molecule has 0 spiro atoms. The van der Waals surface area contributed by atoms with Crippen LogP contribution in [0.3, 0.4) is 0 Å². The molecule has 140 valence electrons. The maximum absolute atomic E-state index is 12.3. The fourth-order valence-corrected chi connectivity index (χ4v) is 3.79. The van der Waals surface area contributed by atoms with Crippen molar-refractivity contribution < 1.29 is 4.79 Å². The van der Waals surface area contributed by atoms with E-state index in [1.807, 2.05) is 30.3 Å². The number of nitrogens with one attached hydrogen (secondary N) is 1. The van der Waals surface area contributed by atoms with Crippen LogP contribution in [0.2, 0.25) is 0 Å². The van der Waals surface area contributed by atoms with E-state index < -0.39 is 0 Å². The Morgan fingerprint density at radius 2 is 1.89 bits per heavy atom. The summed E-state index contributed by atoms with van der Waals surface area (Å²) in [6.45, 7) is 2.54. The molecule has 0 radical (unpaired) electrons. The van der Waals surface area contributed by atoms with Crippen LogP contribution in [0.4, 0.5) is 0 Å². The second kappa shape index (κ2) is 8.27. The molecule has 0 saturated carbocycles. The quantitative estimate of drug-likeness (QED) is 0.505. The first kappa shape index (κ1) is 18.3. The lowest BCUT2D eigenvalue weighted by Crippen LogP contribution is -2.24. The van der Waals surface area contributed by atoms with Crippen molar-refractivity contribution in [3.05, 3.63) is 84.2 Å². The number of hydrogen-bond donors (Lipinski definition) is 1. The number of aromatic nitrogens is 3. The van der Waals surface area contributed by atoms with Gasteiger partial charge in [0, 0.05) is 24.6 Å². The van der Waals surface area contributed by atoms with E-state index in [1.165, 1.54) is 17.3 Å². The molecule has 0 aliphatic heterocycles. The van der Waals surface area contributed by atoms with E-state index in [0.29, 0.717) is 12.3 Å². The molecule has 2 aromatic heterocycles. The molecule has 5 nitrogen and oxygen atoms in total. The zero-order valence-electron chi connectivity index (χ0n) is 15.5. The number of pyridine rings is 1. The molecule has 4 rings (SSSR count). The zero-order chi connectivity index (χ0) is 19.3. The van der Waals surface area contributed by atoms with Gasteiger partial charge in [0.2, 0.25) is 5.91 Å². The van der Waals surface area contributed by atoms with Crippen molar-refractivity contribution in [3.8, 4) is 5.69 Å². The summed E-state index contributed by atoms with van der Waals surface area (Å²) in [7, 11) is 0. The number of imidazole rings is 1. The van der Waals surface area contributed by atoms with Crippen molar-refractivity contribution in [2.75, 3.05) is 5.75 Å². The molecule has 0 aliphatic carbocycles. The van der Waals surface area contributed by atoms with E-state index in [-0.39, 0.29) is 5.91 Å². The third kappa shape index (κ3) is 4.07. The Hall–Kier alpha value is -3.12. The minimum Gasteiger partial charge on any atom is -0.351 e. The predicted molar refractivity (Wildman–Crippen MR) is 113 cm³/mol. The van der Waals surface area contributed by atoms with E-state index in [9.17, 15) is 4.79 Å². The lowest BCUT2D eigenvalue weighted by atomic mass is 10.2. The van der Waals surface area contributed by atoms with Crippen molar-refractivity contribution in [1.29, 1.82) is 0 Å². The van der Waals surface area contributed by atoms with Crippen molar-refractivity contribution in [1.82, 2.24) is 19.9 Å². The number of hydrogen-bond acceptors (Lipinski definition) is 4. The van der Waals surface area contributed by atoms with Crippen molar-refractivity contribution in [3.63, 3.8) is 0 Å². The third-order valence-electron chi connectivity index (χ3n) is 4.37. The second-order valence-corrected chi connectivity index (χ2v) is 7.42. The molecule has 4 aromatic rings. The van der Waals surface area contributed by atoms with Gasteiger partial charge in [0.05, 0.1) is 16.8 Å². The molecular formula is C22H20N4OS. The van der Waals surface area contributed by atoms with Gasteiger partial charge in [-0.25, -0.2) is 4.98 Å². The highest BCUT2D eigenvalue weighted by Gasteiger charge is 2.14. The fraction of sp³-hybridized carbons (Fsp3) is 0.136. The summed E-state index contributed by atoms with van der Waals surface area (Å²) >= 11 is 1.44. The van der Waals surface area contributed by atoms with Gasteiger partial charge in [0.15, 0.2) is 5.16 Å². The third-order valence-corrected chi connectivity index (χ3v) is 5.31. The average molecular weight is 388 g/mol. The Bertz CT molecular complexity index is 1090. The van der Waals surface area contributed by atoms with Crippen LogP contribution in [0.25, 0.3) is 16.7 Å². The Balaban J connectivity index is 1.52. The van der Waals surface area contributed by atoms with Gasteiger partial charge in [-0.2, -0.15) is 0 Å². The highest BCUT2D eigenvalue weighted by Crippen LogP contribution is 2.28. The number of para-hydroxylation sites is 2. The molecule has 0 aliphatic rings. The lowest BCUT2D eigenvalue weighted by Gasteiger charge is -2.10. The van der Waals surface area contributed by atoms with Crippen LogP contribution in [0.15, 0.2) is 78.2 Å². The van der Waals surface area contributed by atoms with E-state index in [2.05, 4.69) is 52.1 Å². The van der Waals surface area contributed by atoms with Crippen molar-refractivity contribution in [2.45, 2.75) is 18.6 Å². The van der Waals surface area contributed by atoms with Crippen LogP contribution in [0, 0.1) is 6.92 Å². The molecule has 2 aromatic carbocycles. The molecule has 0 bridgehead atoms. The first-order chi connectivity index (χ1) is 13.7. The molecule has 2 heterocycles. The number of aryl methyl sites for hydroxylation is 1. The first-order valence-electron chi connectivity index (χ1n) is 9.03. The van der Waals surface area contributed by atoms with E-state index in [1.54, 1.807) is 12.4 Å². The number of nitrogens with zero attached hydrogens (tertiary/aromatic N) is 3. The smallest absolute Gasteiger partial charge is 0.230 e. The van der Waals surface area contributed by atoms with E-state index in [0.717, 1.165) is 27.4 Å². The number of benzene rings is 2. The molecule has 0 saturated heterocycles. The number of amides is 1. The van der Waals surface area contributed by atoms with Gasteiger partial charge in [-0.1, -0.05) is 47.7 Å². The van der Waals surface area contributed by atoms with Gasteiger partial charge in [-0.3, -0.25) is 14.3 Å². The van der Waals surface area contributed by atoms with Crippen molar-refractivity contribution in [2.24, 2.45) is 0 Å². The largest absolute Gasteiger partial charge is 0.351 e. The van der Waals surface area contributed by atoms with Crippen LogP contribution in [0.5, 0.6) is 0 Å². The van der Waals surface area contributed by atoms with Gasteiger partial charge < -0.3 is 5.32 Å². The predicted octanol–water partition coefficient (Wildman–Crippen LogP) is 4.14. The molecule has 1 amide bonds. The molecule has 6 heteroatoms. The Labute approximate surface area is 167 Å². The standard InChI is InChI=1S/C22H20N4OS/c1-16-8-10-18(11-9-16)26-20-7-3-2-6-19(20)25-22(26)28-15-21(27)24-14-17-5-4-12-23-13-17/h2-13H,14-15H2,1H3,(H,24,27). The molecule has 0 atom stereocenters. The fourth-order valence-electron chi connectivity index (χ4n) is 2.93. The van der Waals surface area contributed by atoms with Crippen LogP contribution in [-0.4, -0.2) is 26.2 Å². The van der Waals surface area contributed by atoms with Gasteiger partial charge in [0.1, 0.15) is 0 Å². The Kier molecular flexibility index (Phi) is 5.39. The average Bonchev–Trinajstić information content (AvgIpc) is 3.10. The van der Waals surface area contributed by atoms with Crippen LogP contribution in [-0.2, 0) is 11.3 Å². The summed E-state index contributed by atoms with van der Waals surface area (Å²) in [5.74, 6) is 0.270. The number of fused-ring (bicyclic) bond motifs is 1. The topological polar surface area (TPSA) is 59.8 Å². The minimum absolute atomic E-state index is 0.0311. The van der Waals surface area contributed by atoms with E-state index >= 15 is 0 Å². The summed E-state index contributed by atoms with van der Waals surface area (Å²) in [6.07, 6.45) is 3.47. The molecule has 28 heavy (non-hydrogen) atoms. The molecule has 1 N–H and O–H groups in total. The van der Waals surface area contributed by atoms with Gasteiger partial charge in [-0.15, -0.1) is 0 Å². The van der Waals surface area contributed by atoms with Gasteiger partial charge >= 0.3 is 0 Å². The number of rotatable bonds is 6. The highest BCUT2D eigenvalue weighted by molar-refractivity contribution is 7.99. The van der Waals surface area contributed by atoms with Gasteiger partial charge in [-0.05, 0) is 42.8 Å². The maximum atomic E-state index is 12.3. The Morgan fingerprint density at radius 3 is 2.68 bits per heavy atom. The van der Waals surface area contributed by atoms with Gasteiger partial charge in [0.25, 0.3) is 0 Å². The van der Waals surface area contributed by atoms with Crippen molar-refractivity contribution >= 4 is 28.7 Å². The summed E-state index contributed by atoms with van der Waals surface area (Å²) in [4.78, 5) is 21.1. The summed E-state index contributed by atoms with van der Waals surface area (Å²) in [6, 6.07) is 20.1. The molecular weight excluding hydrogens is 368 g/mol. The van der Waals surface area contributed by atoms with E-state index in [4.69, 9.17) is 4.98 Å². The van der Waals surface area contributed by atoms with Crippen LogP contribution < -0.4 is 5.32 Å². The zero-order valence-corrected chi connectivity index (χ0v) is 16.3. The molecule has 0 fully saturated rings. The second-order valence-electron chi connectivity index (χ2n) is 6.48. The maximum Gasteiger partial charge on any atom is 0.230 e. The van der Waals surface area contributed by atoms with Crippen LogP contribution in [0.1, 0.15) is 11.1 Å². The summed E-state index contributed by atoms with van der Waals surface area (Å²) < 4.78 is 2.10. The SMILES string of the molecule is Cc1ccc(-n2c(SCC(=O)NCc3cccnc3)nc3ccccc32)cc1. The summed E-state index contributed by atoms with van der Waals surface area (Å²) in [5.41, 5.74) is 5.17. The highest BCUT2D eigenvalue weighted by atomic mass is 32.2. The normalized spacial score (nSPS) is 10.9. The summed E-state index contributed by atoms with van der Waals surface area (Å²) in [5, 5.41) is 3.74. The number of carbonyl (C=O) groups is 1. The minimum atomic E-state index is -0.0311. The van der Waals surface area contributed by atoms with Crippen LogP contribution >= 0.6 is 11.8 Å². The first-order valence-corrected chi connectivity index (χ1v) is 10.0. The molecule has 0 unspecified atom stereocenters. The lowest BCUT2D eigenvalue weighted by molar-refractivity contribution is -0.118. The number of carbonyl (C=O) groups excluding carboxylic acids is 1.